The second kappa shape index (κ2) is 9.93. The molecule has 3 nitrogen and oxygen atoms in total. The van der Waals surface area contributed by atoms with Gasteiger partial charge in [0.25, 0.3) is 0 Å². The molecule has 0 bridgehead atoms. The highest BCUT2D eigenvalue weighted by molar-refractivity contribution is 7.45. The molecule has 3 aromatic carbocycles. The molecular weight excluding hydrogens is 459 g/mol. The van der Waals surface area contributed by atoms with Gasteiger partial charge in [-0.3, -0.25) is 0 Å². The van der Waals surface area contributed by atoms with Gasteiger partial charge in [0.05, 0.1) is 0 Å². The maximum Gasteiger partial charge on any atom is 0.345 e. The molecule has 0 saturated carbocycles. The van der Waals surface area contributed by atoms with Crippen molar-refractivity contribution in [3.8, 4) is 22.5 Å². The molecule has 0 aliphatic heterocycles. The topological polar surface area (TPSA) is 35.5 Å². The Hall–Kier alpha value is -3.62. The lowest BCUT2D eigenvalue weighted by atomic mass is 10.1. The van der Waals surface area contributed by atoms with Gasteiger partial charge in [0.15, 0.2) is 26.7 Å². The highest BCUT2D eigenvalue weighted by atomic mass is 32.2. The van der Waals surface area contributed by atoms with Gasteiger partial charge < -0.3 is 9.47 Å². The predicted molar refractivity (Wildman–Crippen MR) is 141 cm³/mol. The van der Waals surface area contributed by atoms with Crippen LogP contribution in [0.5, 0.6) is 5.75 Å². The number of hydrogen-bond acceptors (Lipinski definition) is 3. The van der Waals surface area contributed by atoms with Crippen molar-refractivity contribution in [3.63, 3.8) is 0 Å². The number of thiophene rings is 1. The van der Waals surface area contributed by atoms with E-state index in [0.717, 1.165) is 11.1 Å². The Morgan fingerprint density at radius 3 is 2.31 bits per heavy atom. The third-order valence-electron chi connectivity index (χ3n) is 5.54. The van der Waals surface area contributed by atoms with Crippen LogP contribution in [-0.4, -0.2) is 18.2 Å². The Balaban J connectivity index is 1.46. The smallest absolute Gasteiger partial charge is 0.345 e. The zero-order valence-corrected chi connectivity index (χ0v) is 21.4. The minimum absolute atomic E-state index is 0.107. The molecule has 178 valence electrons. The number of carbonyl (C=O) groups excluding carboxylic acids is 1. The van der Waals surface area contributed by atoms with Gasteiger partial charge in [0.2, 0.25) is 0 Å². The fraction of sp³-hybridized carbons (Fsp3) is 0.233. The van der Waals surface area contributed by atoms with Crippen molar-refractivity contribution < 1.29 is 18.7 Å². The zero-order valence-electron chi connectivity index (χ0n) is 20.6. The molecule has 0 aliphatic carbocycles. The van der Waals surface area contributed by atoms with Crippen LogP contribution in [0, 0.1) is 38.4 Å². The van der Waals surface area contributed by atoms with Gasteiger partial charge in [-0.1, -0.05) is 24.0 Å². The quantitative estimate of drug-likeness (QED) is 0.167. The van der Waals surface area contributed by atoms with Crippen LogP contribution in [0.4, 0.5) is 4.39 Å². The summed E-state index contributed by atoms with van der Waals surface area (Å²) < 4.78 is 25.8. The highest BCUT2D eigenvalue weighted by Crippen LogP contribution is 2.45. The Labute approximate surface area is 208 Å². The van der Waals surface area contributed by atoms with Gasteiger partial charge in [-0.25, -0.2) is 9.18 Å². The molecule has 0 N–H and O–H groups in total. The average molecular weight is 488 g/mol. The first-order valence-electron chi connectivity index (χ1n) is 11.4. The number of ether oxygens (including phenoxy) is 2. The molecule has 0 amide bonds. The molecule has 1 heterocycles. The summed E-state index contributed by atoms with van der Waals surface area (Å²) in [4.78, 5) is 15.1. The van der Waals surface area contributed by atoms with E-state index in [1.165, 1.54) is 32.0 Å². The lowest BCUT2D eigenvalue weighted by Gasteiger charge is -2.19. The van der Waals surface area contributed by atoms with Crippen molar-refractivity contribution in [2.45, 2.75) is 40.2 Å². The number of benzene rings is 3. The highest BCUT2D eigenvalue weighted by Gasteiger charge is 2.24. The van der Waals surface area contributed by atoms with E-state index in [-0.39, 0.29) is 22.9 Å². The van der Waals surface area contributed by atoms with Crippen molar-refractivity contribution in [2.24, 2.45) is 0 Å². The molecule has 1 unspecified atom stereocenters. The maximum absolute atomic E-state index is 13.1. The summed E-state index contributed by atoms with van der Waals surface area (Å²) in [5, 5.41) is 1.27. The lowest BCUT2D eigenvalue weighted by Crippen LogP contribution is -2.29. The van der Waals surface area contributed by atoms with Crippen molar-refractivity contribution in [1.82, 2.24) is 0 Å². The number of esters is 1. The van der Waals surface area contributed by atoms with Gasteiger partial charge in [0, 0.05) is 46.5 Å². The first-order chi connectivity index (χ1) is 16.6. The third kappa shape index (κ3) is 5.72. The lowest BCUT2D eigenvalue weighted by molar-refractivity contribution is -0.154. The van der Waals surface area contributed by atoms with E-state index in [1.54, 1.807) is 26.0 Å². The molecule has 1 aromatic heterocycles. The van der Waals surface area contributed by atoms with Crippen molar-refractivity contribution >= 4 is 26.5 Å². The molecule has 0 spiro atoms. The molecule has 5 heteroatoms. The van der Waals surface area contributed by atoms with E-state index in [1.807, 2.05) is 13.8 Å². The van der Waals surface area contributed by atoms with Crippen LogP contribution in [0.15, 0.2) is 66.7 Å². The van der Waals surface area contributed by atoms with Crippen LogP contribution in [0.2, 0.25) is 0 Å². The van der Waals surface area contributed by atoms with Crippen LogP contribution in [0.3, 0.4) is 0 Å². The Morgan fingerprint density at radius 2 is 1.63 bits per heavy atom. The molecule has 1 atom stereocenters. The fourth-order valence-electron chi connectivity index (χ4n) is 4.03. The number of fused-ring (bicyclic) bond motifs is 1. The molecule has 4 rings (SSSR count). The Kier molecular flexibility index (Phi) is 6.95. The second-order valence-corrected chi connectivity index (χ2v) is 11.2. The molecular formula is C30H28FO3S+. The minimum atomic E-state index is -1.01. The first kappa shape index (κ1) is 24.5. The van der Waals surface area contributed by atoms with E-state index < -0.39 is 11.6 Å². The summed E-state index contributed by atoms with van der Waals surface area (Å²) in [6, 6.07) is 20.9. The number of rotatable bonds is 5. The van der Waals surface area contributed by atoms with Gasteiger partial charge in [-0.15, -0.1) is 0 Å². The molecule has 0 aliphatic rings. The Morgan fingerprint density at radius 1 is 0.971 bits per heavy atom. The number of hydrogen-bond donors (Lipinski definition) is 0. The van der Waals surface area contributed by atoms with E-state index in [2.05, 4.69) is 61.2 Å². The van der Waals surface area contributed by atoms with Gasteiger partial charge in [-0.2, -0.15) is 0 Å². The van der Waals surface area contributed by atoms with Crippen molar-refractivity contribution in [3.05, 3.63) is 94.1 Å². The van der Waals surface area contributed by atoms with Crippen LogP contribution < -0.4 is 4.74 Å². The molecule has 35 heavy (non-hydrogen) atoms. The summed E-state index contributed by atoms with van der Waals surface area (Å²) in [7, 11) is -0.107. The molecule has 0 saturated heterocycles. The second-order valence-electron chi connectivity index (χ2n) is 9.02. The van der Waals surface area contributed by atoms with E-state index >= 15 is 0 Å². The summed E-state index contributed by atoms with van der Waals surface area (Å²) in [6.07, 6.45) is 0. The van der Waals surface area contributed by atoms with Gasteiger partial charge >= 0.3 is 5.97 Å². The first-order valence-corrected chi connectivity index (χ1v) is 12.6. The van der Waals surface area contributed by atoms with E-state index in [4.69, 9.17) is 9.47 Å². The van der Waals surface area contributed by atoms with Crippen molar-refractivity contribution in [2.75, 3.05) is 6.61 Å². The zero-order chi connectivity index (χ0) is 25.2. The normalized spacial score (nSPS) is 11.7. The van der Waals surface area contributed by atoms with Crippen LogP contribution in [0.1, 0.15) is 35.4 Å². The number of halogens is 1. The summed E-state index contributed by atoms with van der Waals surface area (Å²) in [6.45, 7) is 9.39. The summed E-state index contributed by atoms with van der Waals surface area (Å²) >= 11 is 0. The SMILES string of the molecule is Cc1cc(-[s+]2c(C)cc3ccccc32)cc(C)c1OCC(=O)OC(C)(C)C#Cc1ccc(F)cc1. The maximum atomic E-state index is 13.1. The molecule has 0 fully saturated rings. The largest absolute Gasteiger partial charge is 0.481 e. The van der Waals surface area contributed by atoms with Crippen LogP contribution in [-0.2, 0) is 9.53 Å². The third-order valence-corrected chi connectivity index (χ3v) is 7.83. The van der Waals surface area contributed by atoms with Gasteiger partial charge in [-0.05, 0) is 75.2 Å². The standard InChI is InChI=1S/C30H28FO3S/c1-20-16-26(35-22(3)18-24-8-6-7-9-27(24)35)17-21(2)29(20)33-19-28(32)34-30(4,5)15-14-23-10-12-25(31)13-11-23/h6-13,16-18H,19H2,1-5H3/q+1. The van der Waals surface area contributed by atoms with Gasteiger partial charge in [0.1, 0.15) is 11.6 Å². The van der Waals surface area contributed by atoms with Crippen molar-refractivity contribution in [1.29, 1.82) is 0 Å². The average Bonchev–Trinajstić information content (AvgIpc) is 3.13. The van der Waals surface area contributed by atoms with Crippen LogP contribution in [0.25, 0.3) is 15.0 Å². The number of carbonyl (C=O) groups is 1. The number of aryl methyl sites for hydroxylation is 3. The molecule has 4 aromatic rings. The monoisotopic (exact) mass is 487 g/mol. The summed E-state index contributed by atoms with van der Waals surface area (Å²) in [5.41, 5.74) is 1.60. The van der Waals surface area contributed by atoms with Crippen LogP contribution >= 0.6 is 10.5 Å². The fourth-order valence-corrected chi connectivity index (χ4v) is 6.42. The summed E-state index contributed by atoms with van der Waals surface area (Å²) in [5.74, 6) is 5.70. The Bertz CT molecular complexity index is 1430. The molecule has 0 radical (unpaired) electrons. The minimum Gasteiger partial charge on any atom is -0.481 e. The predicted octanol–water partition coefficient (Wildman–Crippen LogP) is 7.39. The van der Waals surface area contributed by atoms with E-state index in [9.17, 15) is 9.18 Å². The van der Waals surface area contributed by atoms with E-state index in [0.29, 0.717) is 11.3 Å².